The van der Waals surface area contributed by atoms with Crippen molar-refractivity contribution in [2.24, 2.45) is 0 Å². The zero-order valence-corrected chi connectivity index (χ0v) is 16.8. The molecule has 0 saturated carbocycles. The predicted molar refractivity (Wildman–Crippen MR) is 117 cm³/mol. The smallest absolute Gasteiger partial charge is 0.260 e. The Morgan fingerprint density at radius 1 is 1.03 bits per heavy atom. The molecule has 2 aromatic carbocycles. The molecule has 0 fully saturated rings. The van der Waals surface area contributed by atoms with Crippen molar-refractivity contribution >= 4 is 29.1 Å². The van der Waals surface area contributed by atoms with Crippen LogP contribution < -0.4 is 14.5 Å². The van der Waals surface area contributed by atoms with Gasteiger partial charge in [0.2, 0.25) is 0 Å². The van der Waals surface area contributed by atoms with E-state index in [0.717, 1.165) is 28.1 Å². The third-order valence-corrected chi connectivity index (χ3v) is 5.03. The SMILES string of the molecule is COc1ccc(CN2C(=O)/C(=C\c3ccc(N(C)C)cc3)c3cccnc32)cc1. The van der Waals surface area contributed by atoms with E-state index >= 15 is 0 Å². The van der Waals surface area contributed by atoms with Gasteiger partial charge in [0.25, 0.3) is 5.91 Å². The minimum Gasteiger partial charge on any atom is -0.497 e. The van der Waals surface area contributed by atoms with E-state index in [1.807, 2.05) is 85.7 Å². The highest BCUT2D eigenvalue weighted by atomic mass is 16.5. The summed E-state index contributed by atoms with van der Waals surface area (Å²) in [7, 11) is 5.65. The summed E-state index contributed by atoms with van der Waals surface area (Å²) in [6.45, 7) is 0.462. The van der Waals surface area contributed by atoms with Crippen molar-refractivity contribution in [2.75, 3.05) is 31.0 Å². The van der Waals surface area contributed by atoms with Crippen molar-refractivity contribution in [1.29, 1.82) is 0 Å². The van der Waals surface area contributed by atoms with Crippen molar-refractivity contribution in [3.05, 3.63) is 83.6 Å². The molecule has 29 heavy (non-hydrogen) atoms. The first-order valence-corrected chi connectivity index (χ1v) is 9.46. The van der Waals surface area contributed by atoms with Gasteiger partial charge in [0.15, 0.2) is 0 Å². The zero-order valence-electron chi connectivity index (χ0n) is 16.8. The topological polar surface area (TPSA) is 45.7 Å². The Morgan fingerprint density at radius 3 is 2.41 bits per heavy atom. The Bertz CT molecular complexity index is 1050. The minimum absolute atomic E-state index is 0.0359. The van der Waals surface area contributed by atoms with Crippen molar-refractivity contribution in [2.45, 2.75) is 6.54 Å². The number of rotatable bonds is 5. The largest absolute Gasteiger partial charge is 0.497 e. The Hall–Kier alpha value is -3.60. The Morgan fingerprint density at radius 2 is 1.76 bits per heavy atom. The standard InChI is InChI=1S/C24H23N3O2/c1-26(2)19-10-6-17(7-11-19)15-22-21-5-4-14-25-23(21)27(24(22)28)16-18-8-12-20(29-3)13-9-18/h4-15H,16H2,1-3H3/b22-15-. The van der Waals surface area contributed by atoms with Crippen LogP contribution in [0.25, 0.3) is 11.6 Å². The molecule has 1 aromatic heterocycles. The number of benzene rings is 2. The van der Waals surface area contributed by atoms with Gasteiger partial charge in [-0.1, -0.05) is 24.3 Å². The lowest BCUT2D eigenvalue weighted by Crippen LogP contribution is -2.26. The molecule has 0 spiro atoms. The van der Waals surface area contributed by atoms with Gasteiger partial charge in [-0.15, -0.1) is 0 Å². The van der Waals surface area contributed by atoms with E-state index in [4.69, 9.17) is 4.74 Å². The van der Waals surface area contributed by atoms with Gasteiger partial charge in [-0.2, -0.15) is 0 Å². The van der Waals surface area contributed by atoms with Crippen LogP contribution in [0.3, 0.4) is 0 Å². The summed E-state index contributed by atoms with van der Waals surface area (Å²) in [5, 5.41) is 0. The highest BCUT2D eigenvalue weighted by Gasteiger charge is 2.33. The molecule has 3 aromatic rings. The quantitative estimate of drug-likeness (QED) is 0.616. The average molecular weight is 385 g/mol. The molecular formula is C24H23N3O2. The fraction of sp³-hybridized carbons (Fsp3) is 0.167. The number of methoxy groups -OCH3 is 1. The molecule has 2 heterocycles. The summed E-state index contributed by atoms with van der Waals surface area (Å²) in [6.07, 6.45) is 3.66. The number of pyridine rings is 1. The van der Waals surface area contributed by atoms with Gasteiger partial charge in [0.05, 0.1) is 19.2 Å². The van der Waals surface area contributed by atoms with Crippen LogP contribution in [0, 0.1) is 0 Å². The first kappa shape index (κ1) is 18.7. The summed E-state index contributed by atoms with van der Waals surface area (Å²) in [6, 6.07) is 19.7. The molecule has 0 unspecified atom stereocenters. The molecule has 0 bridgehead atoms. The molecule has 1 amide bonds. The molecule has 0 radical (unpaired) electrons. The molecule has 0 N–H and O–H groups in total. The van der Waals surface area contributed by atoms with Crippen LogP contribution in [0.5, 0.6) is 5.75 Å². The molecule has 5 nitrogen and oxygen atoms in total. The molecule has 0 aliphatic carbocycles. The first-order valence-electron chi connectivity index (χ1n) is 9.46. The maximum atomic E-state index is 13.3. The van der Waals surface area contributed by atoms with Crippen LogP contribution in [0.2, 0.25) is 0 Å². The average Bonchev–Trinajstić information content (AvgIpc) is 3.00. The maximum absolute atomic E-state index is 13.3. The van der Waals surface area contributed by atoms with Crippen molar-refractivity contribution < 1.29 is 9.53 Å². The number of anilines is 2. The van der Waals surface area contributed by atoms with E-state index in [1.54, 1.807) is 18.2 Å². The second kappa shape index (κ2) is 7.80. The zero-order chi connectivity index (χ0) is 20.4. The normalized spacial score (nSPS) is 14.2. The van der Waals surface area contributed by atoms with Crippen LogP contribution in [0.1, 0.15) is 16.7 Å². The number of carbonyl (C=O) groups excluding carboxylic acids is 1. The number of ether oxygens (including phenoxy) is 1. The van der Waals surface area contributed by atoms with Crippen LogP contribution in [-0.4, -0.2) is 32.1 Å². The van der Waals surface area contributed by atoms with Crippen molar-refractivity contribution in [3.63, 3.8) is 0 Å². The summed E-state index contributed by atoms with van der Waals surface area (Å²) >= 11 is 0. The lowest BCUT2D eigenvalue weighted by Gasteiger charge is -2.16. The number of fused-ring (bicyclic) bond motifs is 1. The van der Waals surface area contributed by atoms with Gasteiger partial charge < -0.3 is 9.64 Å². The molecular weight excluding hydrogens is 362 g/mol. The highest BCUT2D eigenvalue weighted by molar-refractivity contribution is 6.35. The highest BCUT2D eigenvalue weighted by Crippen LogP contribution is 2.37. The van der Waals surface area contributed by atoms with Crippen LogP contribution >= 0.6 is 0 Å². The molecule has 4 rings (SSSR count). The summed E-state index contributed by atoms with van der Waals surface area (Å²) in [5.41, 5.74) is 4.65. The summed E-state index contributed by atoms with van der Waals surface area (Å²) in [5.74, 6) is 1.46. The molecule has 1 aliphatic rings. The molecule has 0 atom stereocenters. The maximum Gasteiger partial charge on any atom is 0.260 e. The molecule has 0 saturated heterocycles. The van der Waals surface area contributed by atoms with E-state index in [1.165, 1.54) is 0 Å². The third-order valence-electron chi connectivity index (χ3n) is 5.03. The lowest BCUT2D eigenvalue weighted by molar-refractivity contribution is -0.113. The second-order valence-corrected chi connectivity index (χ2v) is 7.16. The van der Waals surface area contributed by atoms with Crippen molar-refractivity contribution in [1.82, 2.24) is 4.98 Å². The van der Waals surface area contributed by atoms with E-state index in [-0.39, 0.29) is 5.91 Å². The van der Waals surface area contributed by atoms with Gasteiger partial charge >= 0.3 is 0 Å². The Labute approximate surface area is 170 Å². The van der Waals surface area contributed by atoms with Gasteiger partial charge in [0, 0.05) is 31.5 Å². The number of aromatic nitrogens is 1. The predicted octanol–water partition coefficient (Wildman–Crippen LogP) is 4.24. The van der Waals surface area contributed by atoms with Gasteiger partial charge in [-0.25, -0.2) is 4.98 Å². The lowest BCUT2D eigenvalue weighted by atomic mass is 10.1. The van der Waals surface area contributed by atoms with E-state index in [0.29, 0.717) is 17.9 Å². The molecule has 1 aliphatic heterocycles. The first-order chi connectivity index (χ1) is 14.1. The van der Waals surface area contributed by atoms with Crippen LogP contribution in [0.15, 0.2) is 66.9 Å². The summed E-state index contributed by atoms with van der Waals surface area (Å²) in [4.78, 5) is 21.5. The number of carbonyl (C=O) groups is 1. The van der Waals surface area contributed by atoms with E-state index < -0.39 is 0 Å². The minimum atomic E-state index is -0.0359. The van der Waals surface area contributed by atoms with Crippen molar-refractivity contribution in [3.8, 4) is 5.75 Å². The second-order valence-electron chi connectivity index (χ2n) is 7.16. The molecule has 5 heteroatoms. The third kappa shape index (κ3) is 3.72. The molecule has 146 valence electrons. The number of nitrogens with zero attached hydrogens (tertiary/aromatic N) is 3. The number of hydrogen-bond donors (Lipinski definition) is 0. The van der Waals surface area contributed by atoms with Gasteiger partial charge in [-0.05, 0) is 53.6 Å². The van der Waals surface area contributed by atoms with E-state index in [2.05, 4.69) is 4.98 Å². The Balaban J connectivity index is 1.66. The fourth-order valence-corrected chi connectivity index (χ4v) is 3.41. The van der Waals surface area contributed by atoms with Gasteiger partial charge in [-0.3, -0.25) is 9.69 Å². The number of amides is 1. The number of hydrogen-bond acceptors (Lipinski definition) is 4. The summed E-state index contributed by atoms with van der Waals surface area (Å²) < 4.78 is 5.22. The van der Waals surface area contributed by atoms with E-state index in [9.17, 15) is 4.79 Å². The van der Waals surface area contributed by atoms with Crippen LogP contribution in [0.4, 0.5) is 11.5 Å². The fourth-order valence-electron chi connectivity index (χ4n) is 3.41. The monoisotopic (exact) mass is 385 g/mol. The van der Waals surface area contributed by atoms with Crippen LogP contribution in [-0.2, 0) is 11.3 Å². The van der Waals surface area contributed by atoms with Gasteiger partial charge in [0.1, 0.15) is 11.6 Å². The Kier molecular flexibility index (Phi) is 5.04.